The molecule has 0 spiro atoms. The van der Waals surface area contributed by atoms with Gasteiger partial charge in [0, 0.05) is 24.2 Å². The Labute approximate surface area is 158 Å². The van der Waals surface area contributed by atoms with Gasteiger partial charge in [0.15, 0.2) is 0 Å². The number of fused-ring (bicyclic) bond motifs is 5. The molecule has 0 bridgehead atoms. The topological polar surface area (TPSA) is 54.4 Å². The quantitative estimate of drug-likeness (QED) is 0.793. The Balaban J connectivity index is 1.66. The highest BCUT2D eigenvalue weighted by molar-refractivity contribution is 5.88. The van der Waals surface area contributed by atoms with E-state index in [9.17, 15) is 14.7 Å². The smallest absolute Gasteiger partial charge is 0.139 e. The summed E-state index contributed by atoms with van der Waals surface area (Å²) in [5, 5.41) is 10.1. The first kappa shape index (κ1) is 18.7. The number of aliphatic hydroxyl groups is 1. The van der Waals surface area contributed by atoms with Crippen LogP contribution in [0.4, 0.5) is 0 Å². The summed E-state index contributed by atoms with van der Waals surface area (Å²) in [6, 6.07) is 0. The van der Waals surface area contributed by atoms with Gasteiger partial charge in [-0.15, -0.1) is 0 Å². The summed E-state index contributed by atoms with van der Waals surface area (Å²) in [4.78, 5) is 26.3. The molecule has 0 amide bonds. The molecule has 1 N–H and O–H groups in total. The van der Waals surface area contributed by atoms with Crippen molar-refractivity contribution in [3.05, 3.63) is 0 Å². The summed E-state index contributed by atoms with van der Waals surface area (Å²) in [7, 11) is 0. The van der Waals surface area contributed by atoms with Crippen LogP contribution in [-0.4, -0.2) is 22.8 Å². The molecule has 4 fully saturated rings. The van der Waals surface area contributed by atoms with E-state index in [4.69, 9.17) is 0 Å². The highest BCUT2D eigenvalue weighted by Gasteiger charge is 2.64. The number of Topliss-reactive ketones (excluding diaryl/α,β-unsaturated/α-hetero) is 2. The fourth-order valence-electron chi connectivity index (χ4n) is 7.92. The van der Waals surface area contributed by atoms with Gasteiger partial charge in [-0.2, -0.15) is 0 Å². The average Bonchev–Trinajstić information content (AvgIpc) is 2.90. The van der Waals surface area contributed by atoms with E-state index in [1.54, 1.807) is 0 Å². The minimum atomic E-state index is -0.173. The Morgan fingerprint density at radius 2 is 1.81 bits per heavy atom. The number of ketones is 2. The molecular formula is C23H36O3. The van der Waals surface area contributed by atoms with E-state index in [1.165, 1.54) is 0 Å². The zero-order chi connectivity index (χ0) is 18.9. The number of carbonyl (C=O) groups is 2. The first-order valence-electron chi connectivity index (χ1n) is 10.9. The minimum absolute atomic E-state index is 0.0662. The predicted molar refractivity (Wildman–Crippen MR) is 101 cm³/mol. The maximum atomic E-state index is 13.5. The van der Waals surface area contributed by atoms with Crippen LogP contribution < -0.4 is 0 Å². The molecule has 3 heteroatoms. The van der Waals surface area contributed by atoms with Gasteiger partial charge in [0.1, 0.15) is 11.6 Å². The first-order chi connectivity index (χ1) is 12.2. The third-order valence-electron chi connectivity index (χ3n) is 9.23. The SMILES string of the molecule is CC(C)C(=O)[C@H]1CC[C@H]2[C@@H]3CC[C@H]4C[C@H](O)CC[C@]4(C)[C@H]3C(=O)C[C@]12C. The molecule has 26 heavy (non-hydrogen) atoms. The highest BCUT2D eigenvalue weighted by Crippen LogP contribution is 2.66. The summed E-state index contributed by atoms with van der Waals surface area (Å²) in [5.74, 6) is 2.61. The van der Waals surface area contributed by atoms with Crippen LogP contribution in [0.15, 0.2) is 0 Å². The van der Waals surface area contributed by atoms with Gasteiger partial charge in [0.05, 0.1) is 6.10 Å². The normalized spacial score (nSPS) is 50.9. The second kappa shape index (κ2) is 6.15. The molecule has 0 radical (unpaired) electrons. The van der Waals surface area contributed by atoms with Crippen LogP contribution in [0.5, 0.6) is 0 Å². The van der Waals surface area contributed by atoms with Gasteiger partial charge in [0.25, 0.3) is 0 Å². The van der Waals surface area contributed by atoms with Gasteiger partial charge in [-0.05, 0) is 73.5 Å². The maximum absolute atomic E-state index is 13.5. The van der Waals surface area contributed by atoms with Crippen LogP contribution in [-0.2, 0) is 9.59 Å². The Morgan fingerprint density at radius 1 is 1.08 bits per heavy atom. The largest absolute Gasteiger partial charge is 0.393 e. The molecular weight excluding hydrogens is 324 g/mol. The molecule has 4 rings (SSSR count). The van der Waals surface area contributed by atoms with E-state index in [0.717, 1.165) is 44.9 Å². The maximum Gasteiger partial charge on any atom is 0.139 e. The molecule has 4 aliphatic rings. The van der Waals surface area contributed by atoms with Crippen molar-refractivity contribution in [2.75, 3.05) is 0 Å². The van der Waals surface area contributed by atoms with Crippen LogP contribution in [0.3, 0.4) is 0 Å². The van der Waals surface area contributed by atoms with Gasteiger partial charge in [0.2, 0.25) is 0 Å². The minimum Gasteiger partial charge on any atom is -0.393 e. The second-order valence-corrected chi connectivity index (χ2v) is 10.8. The molecule has 0 aliphatic heterocycles. The third kappa shape index (κ3) is 2.48. The molecule has 0 aromatic carbocycles. The van der Waals surface area contributed by atoms with Crippen molar-refractivity contribution >= 4 is 11.6 Å². The molecule has 0 aromatic heterocycles. The van der Waals surface area contributed by atoms with Crippen molar-refractivity contribution in [1.82, 2.24) is 0 Å². The third-order valence-corrected chi connectivity index (χ3v) is 9.23. The summed E-state index contributed by atoms with van der Waals surface area (Å²) in [6.07, 6.45) is 7.52. The van der Waals surface area contributed by atoms with Crippen LogP contribution >= 0.6 is 0 Å². The van der Waals surface area contributed by atoms with Crippen LogP contribution in [0.25, 0.3) is 0 Å². The lowest BCUT2D eigenvalue weighted by Crippen LogP contribution is -2.58. The van der Waals surface area contributed by atoms with Crippen molar-refractivity contribution < 1.29 is 14.7 Å². The summed E-state index contributed by atoms with van der Waals surface area (Å²) >= 11 is 0. The lowest BCUT2D eigenvalue weighted by Gasteiger charge is -2.59. The van der Waals surface area contributed by atoms with Crippen molar-refractivity contribution in [3.63, 3.8) is 0 Å². The zero-order valence-corrected chi connectivity index (χ0v) is 17.0. The number of aliphatic hydroxyl groups excluding tert-OH is 1. The van der Waals surface area contributed by atoms with Gasteiger partial charge in [-0.3, -0.25) is 9.59 Å². The molecule has 3 nitrogen and oxygen atoms in total. The van der Waals surface area contributed by atoms with Gasteiger partial charge in [-0.1, -0.05) is 27.7 Å². The molecule has 8 atom stereocenters. The highest BCUT2D eigenvalue weighted by atomic mass is 16.3. The first-order valence-corrected chi connectivity index (χ1v) is 10.9. The molecule has 0 saturated heterocycles. The number of rotatable bonds is 2. The van der Waals surface area contributed by atoms with Crippen molar-refractivity contribution in [3.8, 4) is 0 Å². The molecule has 0 aromatic rings. The standard InChI is InChI=1S/C23H36O3/c1-13(2)21(26)18-8-7-17-16-6-5-14-11-15(24)9-10-22(14,3)20(16)19(25)12-23(17,18)4/h13-18,20,24H,5-12H2,1-4H3/t14-,15+,16-,17-,18+,20+,22-,23-/m0/s1. The average molecular weight is 361 g/mol. The van der Waals surface area contributed by atoms with Gasteiger partial charge in [-0.25, -0.2) is 0 Å². The van der Waals surface area contributed by atoms with E-state index in [2.05, 4.69) is 13.8 Å². The van der Waals surface area contributed by atoms with Crippen molar-refractivity contribution in [1.29, 1.82) is 0 Å². The number of hydrogen-bond donors (Lipinski definition) is 1. The molecule has 0 unspecified atom stereocenters. The lowest BCUT2D eigenvalue weighted by molar-refractivity contribution is -0.162. The fraction of sp³-hybridized carbons (Fsp3) is 0.913. The van der Waals surface area contributed by atoms with Gasteiger partial charge >= 0.3 is 0 Å². The van der Waals surface area contributed by atoms with Crippen LogP contribution in [0, 0.1) is 46.3 Å². The van der Waals surface area contributed by atoms with Gasteiger partial charge < -0.3 is 5.11 Å². The molecule has 4 aliphatic carbocycles. The van der Waals surface area contributed by atoms with Crippen molar-refractivity contribution in [2.45, 2.75) is 85.2 Å². The van der Waals surface area contributed by atoms with E-state index < -0.39 is 0 Å². The summed E-state index contributed by atoms with van der Waals surface area (Å²) in [6.45, 7) is 8.60. The van der Waals surface area contributed by atoms with E-state index in [-0.39, 0.29) is 34.7 Å². The lowest BCUT2D eigenvalue weighted by atomic mass is 9.44. The number of carbonyl (C=O) groups excluding carboxylic acids is 2. The van der Waals surface area contributed by atoms with E-state index >= 15 is 0 Å². The Bertz CT molecular complexity index is 611. The Morgan fingerprint density at radius 3 is 2.50 bits per heavy atom. The van der Waals surface area contributed by atoms with E-state index in [1.807, 2.05) is 13.8 Å². The second-order valence-electron chi connectivity index (χ2n) is 10.8. The Hall–Kier alpha value is -0.700. The zero-order valence-electron chi connectivity index (χ0n) is 17.0. The van der Waals surface area contributed by atoms with E-state index in [0.29, 0.717) is 35.7 Å². The van der Waals surface area contributed by atoms with Crippen LogP contribution in [0.2, 0.25) is 0 Å². The summed E-state index contributed by atoms with van der Waals surface area (Å²) < 4.78 is 0. The summed E-state index contributed by atoms with van der Waals surface area (Å²) in [5.41, 5.74) is -0.0440. The van der Waals surface area contributed by atoms with Crippen LogP contribution in [0.1, 0.15) is 79.1 Å². The van der Waals surface area contributed by atoms with Crippen molar-refractivity contribution in [2.24, 2.45) is 46.3 Å². The Kier molecular flexibility index (Phi) is 4.42. The molecule has 146 valence electrons. The predicted octanol–water partition coefficient (Wildman–Crippen LogP) is 4.41. The monoisotopic (exact) mass is 360 g/mol. The molecule has 0 heterocycles. The molecule has 4 saturated carbocycles. The number of hydrogen-bond acceptors (Lipinski definition) is 3. The fourth-order valence-corrected chi connectivity index (χ4v) is 7.92.